The van der Waals surface area contributed by atoms with Crippen molar-refractivity contribution >= 4 is 34.6 Å². The number of nitrogens with zero attached hydrogens (tertiary/aromatic N) is 1. The second-order valence-corrected chi connectivity index (χ2v) is 6.39. The Morgan fingerprint density at radius 2 is 1.93 bits per heavy atom. The van der Waals surface area contributed by atoms with Crippen molar-refractivity contribution in [2.75, 3.05) is 24.5 Å². The molecule has 142 valence electrons. The fraction of sp³-hybridized carbons (Fsp3) is 0.100. The summed E-state index contributed by atoms with van der Waals surface area (Å²) in [5, 5.41) is 6.48. The van der Waals surface area contributed by atoms with E-state index >= 15 is 0 Å². The Balaban J connectivity index is 1.52. The van der Waals surface area contributed by atoms with E-state index in [1.165, 1.54) is 13.3 Å². The number of nitrogens with one attached hydrogen (secondary N) is 2. The number of benzene rings is 2. The summed E-state index contributed by atoms with van der Waals surface area (Å²) in [7, 11) is 1.52. The predicted octanol–water partition coefficient (Wildman–Crippen LogP) is 4.47. The first-order chi connectivity index (χ1) is 13.6. The molecule has 0 aliphatic carbocycles. The normalized spacial score (nSPS) is 11.8. The van der Waals surface area contributed by atoms with Crippen molar-refractivity contribution in [3.63, 3.8) is 0 Å². The molecule has 7 nitrogen and oxygen atoms in total. The molecule has 0 spiro atoms. The van der Waals surface area contributed by atoms with E-state index < -0.39 is 0 Å². The molecule has 1 aliphatic rings. The third-order valence-electron chi connectivity index (χ3n) is 4.07. The minimum atomic E-state index is -0.331. The van der Waals surface area contributed by atoms with Crippen molar-refractivity contribution in [2.24, 2.45) is 0 Å². The van der Waals surface area contributed by atoms with Crippen molar-refractivity contribution in [3.05, 3.63) is 65.4 Å². The zero-order chi connectivity index (χ0) is 19.5. The number of hydrogen-bond acceptors (Lipinski definition) is 6. The third-order valence-corrected chi connectivity index (χ3v) is 4.31. The van der Waals surface area contributed by atoms with Crippen LogP contribution in [0.25, 0.3) is 0 Å². The Morgan fingerprint density at radius 1 is 1.07 bits per heavy atom. The van der Waals surface area contributed by atoms with Gasteiger partial charge in [0.15, 0.2) is 11.5 Å². The van der Waals surface area contributed by atoms with Crippen LogP contribution < -0.4 is 24.8 Å². The molecule has 3 aromatic rings. The molecule has 2 N–H and O–H groups in total. The monoisotopic (exact) mass is 397 g/mol. The van der Waals surface area contributed by atoms with Gasteiger partial charge in [0.2, 0.25) is 6.79 Å². The van der Waals surface area contributed by atoms with Gasteiger partial charge in [0.05, 0.1) is 30.2 Å². The highest BCUT2D eigenvalue weighted by atomic mass is 35.5. The Bertz CT molecular complexity index is 1040. The van der Waals surface area contributed by atoms with Gasteiger partial charge in [0, 0.05) is 23.0 Å². The number of carbonyl (C=O) groups is 1. The molecule has 28 heavy (non-hydrogen) atoms. The van der Waals surface area contributed by atoms with Gasteiger partial charge in [-0.25, -0.2) is 0 Å². The Morgan fingerprint density at radius 3 is 2.79 bits per heavy atom. The smallest absolute Gasteiger partial charge is 0.257 e. The SMILES string of the molecule is COc1ccc(Cl)cc1NC(=O)c1cncc(Nc2ccc3c(c2)OCO3)c1. The summed E-state index contributed by atoms with van der Waals surface area (Å²) in [6.07, 6.45) is 3.11. The fourth-order valence-electron chi connectivity index (χ4n) is 2.75. The number of aromatic nitrogens is 1. The van der Waals surface area contributed by atoms with Crippen molar-refractivity contribution in [2.45, 2.75) is 0 Å². The molecule has 0 bridgehead atoms. The number of ether oxygens (including phenoxy) is 3. The van der Waals surface area contributed by atoms with Gasteiger partial charge in [0.25, 0.3) is 5.91 Å². The van der Waals surface area contributed by atoms with Gasteiger partial charge in [-0.15, -0.1) is 0 Å². The summed E-state index contributed by atoms with van der Waals surface area (Å²) in [6.45, 7) is 0.211. The van der Waals surface area contributed by atoms with Gasteiger partial charge < -0.3 is 24.8 Å². The number of amides is 1. The average Bonchev–Trinajstić information content (AvgIpc) is 3.16. The summed E-state index contributed by atoms with van der Waals surface area (Å²) in [6, 6.07) is 12.2. The lowest BCUT2D eigenvalue weighted by molar-refractivity contribution is 0.102. The van der Waals surface area contributed by atoms with E-state index in [1.807, 2.05) is 18.2 Å². The van der Waals surface area contributed by atoms with Crippen LogP contribution in [0.5, 0.6) is 17.2 Å². The van der Waals surface area contributed by atoms with Crippen LogP contribution in [0.2, 0.25) is 5.02 Å². The lowest BCUT2D eigenvalue weighted by Gasteiger charge is -2.11. The molecule has 1 aromatic heterocycles. The van der Waals surface area contributed by atoms with E-state index in [4.69, 9.17) is 25.8 Å². The molecular weight excluding hydrogens is 382 g/mol. The number of pyridine rings is 1. The summed E-state index contributed by atoms with van der Waals surface area (Å²) in [4.78, 5) is 16.8. The maximum absolute atomic E-state index is 12.6. The summed E-state index contributed by atoms with van der Waals surface area (Å²) in [5.41, 5.74) is 2.31. The topological polar surface area (TPSA) is 81.7 Å². The maximum Gasteiger partial charge on any atom is 0.257 e. The van der Waals surface area contributed by atoms with Crippen LogP contribution in [-0.4, -0.2) is 24.8 Å². The molecule has 8 heteroatoms. The molecule has 1 amide bonds. The zero-order valence-corrected chi connectivity index (χ0v) is 15.6. The molecule has 0 saturated heterocycles. The molecule has 2 aromatic carbocycles. The Hall–Kier alpha value is -3.45. The number of anilines is 3. The van der Waals surface area contributed by atoms with Crippen LogP contribution in [0, 0.1) is 0 Å². The summed E-state index contributed by atoms with van der Waals surface area (Å²) in [5.74, 6) is 1.55. The second kappa shape index (κ2) is 7.66. The number of carbonyl (C=O) groups excluding carboxylic acids is 1. The first-order valence-electron chi connectivity index (χ1n) is 8.39. The van der Waals surface area contributed by atoms with Crippen LogP contribution in [0.4, 0.5) is 17.1 Å². The van der Waals surface area contributed by atoms with E-state index in [1.54, 1.807) is 30.5 Å². The molecular formula is C20H16ClN3O4. The number of hydrogen-bond donors (Lipinski definition) is 2. The van der Waals surface area contributed by atoms with Crippen molar-refractivity contribution in [1.82, 2.24) is 4.98 Å². The molecule has 4 rings (SSSR count). The zero-order valence-electron chi connectivity index (χ0n) is 14.9. The number of fused-ring (bicyclic) bond motifs is 1. The minimum absolute atomic E-state index is 0.211. The number of rotatable bonds is 5. The maximum atomic E-state index is 12.6. The van der Waals surface area contributed by atoms with Gasteiger partial charge in [-0.2, -0.15) is 0 Å². The van der Waals surface area contributed by atoms with Gasteiger partial charge in [-0.05, 0) is 36.4 Å². The molecule has 0 atom stereocenters. The van der Waals surface area contributed by atoms with E-state index in [0.29, 0.717) is 39.2 Å². The average molecular weight is 398 g/mol. The van der Waals surface area contributed by atoms with Gasteiger partial charge in [0.1, 0.15) is 5.75 Å². The highest BCUT2D eigenvalue weighted by Crippen LogP contribution is 2.35. The highest BCUT2D eigenvalue weighted by Gasteiger charge is 2.14. The van der Waals surface area contributed by atoms with Crippen LogP contribution in [-0.2, 0) is 0 Å². The lowest BCUT2D eigenvalue weighted by Crippen LogP contribution is -2.13. The third kappa shape index (κ3) is 3.79. The molecule has 0 fully saturated rings. The molecule has 0 saturated carbocycles. The summed E-state index contributed by atoms with van der Waals surface area (Å²) >= 11 is 6.01. The van der Waals surface area contributed by atoms with Crippen LogP contribution in [0.15, 0.2) is 54.9 Å². The highest BCUT2D eigenvalue weighted by molar-refractivity contribution is 6.31. The standard InChI is InChI=1S/C20H16ClN3O4/c1-26-17-4-2-13(21)7-16(17)24-20(25)12-6-15(10-22-9-12)23-14-3-5-18-19(8-14)28-11-27-18/h2-10,23H,11H2,1H3,(H,24,25). The largest absolute Gasteiger partial charge is 0.495 e. The second-order valence-electron chi connectivity index (χ2n) is 5.95. The molecule has 1 aliphatic heterocycles. The quantitative estimate of drug-likeness (QED) is 0.661. The Labute approximate surface area is 166 Å². The molecule has 2 heterocycles. The van der Waals surface area contributed by atoms with E-state index in [9.17, 15) is 4.79 Å². The van der Waals surface area contributed by atoms with Crippen molar-refractivity contribution in [1.29, 1.82) is 0 Å². The summed E-state index contributed by atoms with van der Waals surface area (Å²) < 4.78 is 15.9. The predicted molar refractivity (Wildman–Crippen MR) is 106 cm³/mol. The number of halogens is 1. The first kappa shape index (κ1) is 17.9. The minimum Gasteiger partial charge on any atom is -0.495 e. The van der Waals surface area contributed by atoms with Gasteiger partial charge in [-0.3, -0.25) is 9.78 Å². The van der Waals surface area contributed by atoms with Crippen LogP contribution in [0.1, 0.15) is 10.4 Å². The van der Waals surface area contributed by atoms with Crippen molar-refractivity contribution < 1.29 is 19.0 Å². The molecule has 0 radical (unpaired) electrons. The van der Waals surface area contributed by atoms with Gasteiger partial charge >= 0.3 is 0 Å². The molecule has 0 unspecified atom stereocenters. The lowest BCUT2D eigenvalue weighted by atomic mass is 10.2. The number of methoxy groups -OCH3 is 1. The van der Waals surface area contributed by atoms with E-state index in [-0.39, 0.29) is 12.7 Å². The Kier molecular flexibility index (Phi) is 4.90. The van der Waals surface area contributed by atoms with E-state index in [0.717, 1.165) is 5.69 Å². The van der Waals surface area contributed by atoms with E-state index in [2.05, 4.69) is 15.6 Å². The van der Waals surface area contributed by atoms with Gasteiger partial charge in [-0.1, -0.05) is 11.6 Å². The van der Waals surface area contributed by atoms with Crippen LogP contribution >= 0.6 is 11.6 Å². The first-order valence-corrected chi connectivity index (χ1v) is 8.77. The fourth-order valence-corrected chi connectivity index (χ4v) is 2.92. The van der Waals surface area contributed by atoms with Crippen molar-refractivity contribution in [3.8, 4) is 17.2 Å². The van der Waals surface area contributed by atoms with Crippen LogP contribution in [0.3, 0.4) is 0 Å².